The molecule has 0 atom stereocenters. The van der Waals surface area contributed by atoms with Crippen molar-refractivity contribution in [1.82, 2.24) is 20.2 Å². The Kier molecular flexibility index (Phi) is 5.06. The van der Waals surface area contributed by atoms with Crippen LogP contribution in [0, 0.1) is 5.82 Å². The van der Waals surface area contributed by atoms with E-state index in [0.717, 1.165) is 30.0 Å². The predicted molar refractivity (Wildman–Crippen MR) is 94.8 cm³/mol. The lowest BCUT2D eigenvalue weighted by Gasteiger charge is -2.25. The number of urea groups is 1. The van der Waals surface area contributed by atoms with Crippen molar-refractivity contribution >= 4 is 6.03 Å². The maximum Gasteiger partial charge on any atom is 0.315 e. The highest BCUT2D eigenvalue weighted by molar-refractivity contribution is 5.73. The molecule has 1 aromatic carbocycles. The standard InChI is InChI=1S/C19H25FN4O/c1-19(2,14-6-8-15(20)9-7-14)13-22-18(25)21-11-16-12-24-10-4-3-5-17(24)23-16/h6-9,12H,3-5,10-11,13H2,1-2H3,(H2,21,22,25). The smallest absolute Gasteiger partial charge is 0.315 e. The second kappa shape index (κ2) is 7.25. The Morgan fingerprint density at radius 2 is 2.00 bits per heavy atom. The zero-order valence-electron chi connectivity index (χ0n) is 14.8. The van der Waals surface area contributed by atoms with Gasteiger partial charge in [0.25, 0.3) is 0 Å². The van der Waals surface area contributed by atoms with Crippen LogP contribution in [0.15, 0.2) is 30.5 Å². The van der Waals surface area contributed by atoms with Gasteiger partial charge < -0.3 is 15.2 Å². The minimum Gasteiger partial charge on any atom is -0.337 e. The molecular formula is C19H25FN4O. The van der Waals surface area contributed by atoms with Crippen LogP contribution in [-0.2, 0) is 24.9 Å². The largest absolute Gasteiger partial charge is 0.337 e. The molecule has 0 saturated carbocycles. The molecule has 0 unspecified atom stereocenters. The van der Waals surface area contributed by atoms with Crippen molar-refractivity contribution in [3.05, 3.63) is 53.4 Å². The summed E-state index contributed by atoms with van der Waals surface area (Å²) in [4.78, 5) is 16.6. The molecule has 0 saturated heterocycles. The zero-order chi connectivity index (χ0) is 17.9. The number of benzene rings is 1. The van der Waals surface area contributed by atoms with Crippen LogP contribution in [0.2, 0.25) is 0 Å². The van der Waals surface area contributed by atoms with Gasteiger partial charge in [-0.3, -0.25) is 0 Å². The van der Waals surface area contributed by atoms with E-state index < -0.39 is 0 Å². The van der Waals surface area contributed by atoms with Crippen LogP contribution < -0.4 is 10.6 Å². The number of rotatable bonds is 5. The van der Waals surface area contributed by atoms with Gasteiger partial charge in [0, 0.05) is 31.1 Å². The van der Waals surface area contributed by atoms with Crippen molar-refractivity contribution in [2.24, 2.45) is 0 Å². The fraction of sp³-hybridized carbons (Fsp3) is 0.474. The molecule has 6 heteroatoms. The predicted octanol–water partition coefficient (Wildman–Crippen LogP) is 3.14. The minimum absolute atomic E-state index is 0.221. The second-order valence-corrected chi connectivity index (χ2v) is 7.23. The molecule has 0 radical (unpaired) electrons. The lowest BCUT2D eigenvalue weighted by molar-refractivity contribution is 0.238. The summed E-state index contributed by atoms with van der Waals surface area (Å²) in [6, 6.07) is 6.17. The highest BCUT2D eigenvalue weighted by Crippen LogP contribution is 2.22. The molecule has 2 amide bonds. The fourth-order valence-electron chi connectivity index (χ4n) is 3.09. The van der Waals surface area contributed by atoms with Gasteiger partial charge in [-0.1, -0.05) is 26.0 Å². The van der Waals surface area contributed by atoms with Crippen molar-refractivity contribution in [1.29, 1.82) is 0 Å². The molecule has 1 aromatic heterocycles. The Labute approximate surface area is 147 Å². The Hall–Kier alpha value is -2.37. The van der Waals surface area contributed by atoms with Crippen molar-refractivity contribution in [3.8, 4) is 0 Å². The first kappa shape index (κ1) is 17.5. The van der Waals surface area contributed by atoms with E-state index in [-0.39, 0.29) is 17.3 Å². The monoisotopic (exact) mass is 344 g/mol. The number of carbonyl (C=O) groups excluding carboxylic acids is 1. The molecule has 3 rings (SSSR count). The van der Waals surface area contributed by atoms with Crippen molar-refractivity contribution in [3.63, 3.8) is 0 Å². The van der Waals surface area contributed by atoms with E-state index in [2.05, 4.69) is 20.2 Å². The van der Waals surface area contributed by atoms with Crippen molar-refractivity contribution < 1.29 is 9.18 Å². The van der Waals surface area contributed by atoms with E-state index in [4.69, 9.17) is 0 Å². The third kappa shape index (κ3) is 4.38. The van der Waals surface area contributed by atoms with E-state index in [1.807, 2.05) is 20.0 Å². The highest BCUT2D eigenvalue weighted by Gasteiger charge is 2.21. The third-order valence-electron chi connectivity index (χ3n) is 4.71. The quantitative estimate of drug-likeness (QED) is 0.875. The normalized spacial score (nSPS) is 14.0. The Morgan fingerprint density at radius 1 is 1.24 bits per heavy atom. The van der Waals surface area contributed by atoms with Crippen LogP contribution in [0.1, 0.15) is 43.8 Å². The van der Waals surface area contributed by atoms with Crippen LogP contribution in [0.3, 0.4) is 0 Å². The number of fused-ring (bicyclic) bond motifs is 1. The first-order valence-electron chi connectivity index (χ1n) is 8.77. The van der Waals surface area contributed by atoms with Gasteiger partial charge in [0.1, 0.15) is 11.6 Å². The Bertz CT molecular complexity index is 713. The summed E-state index contributed by atoms with van der Waals surface area (Å²) in [5.74, 6) is 0.855. The summed E-state index contributed by atoms with van der Waals surface area (Å²) >= 11 is 0. The molecule has 1 aliphatic rings. The van der Waals surface area contributed by atoms with Gasteiger partial charge in [-0.2, -0.15) is 0 Å². The molecule has 2 heterocycles. The van der Waals surface area contributed by atoms with Crippen LogP contribution in [0.4, 0.5) is 9.18 Å². The lowest BCUT2D eigenvalue weighted by Crippen LogP contribution is -2.42. The number of carbonyl (C=O) groups is 1. The topological polar surface area (TPSA) is 59.0 Å². The third-order valence-corrected chi connectivity index (χ3v) is 4.71. The summed E-state index contributed by atoms with van der Waals surface area (Å²) in [5.41, 5.74) is 1.60. The molecule has 1 aliphatic heterocycles. The number of aryl methyl sites for hydroxylation is 2. The minimum atomic E-state index is -0.279. The molecule has 5 nitrogen and oxygen atoms in total. The molecular weight excluding hydrogens is 319 g/mol. The molecule has 0 fully saturated rings. The zero-order valence-corrected chi connectivity index (χ0v) is 14.8. The highest BCUT2D eigenvalue weighted by atomic mass is 19.1. The molecule has 2 N–H and O–H groups in total. The van der Waals surface area contributed by atoms with Gasteiger partial charge in [-0.05, 0) is 30.5 Å². The van der Waals surface area contributed by atoms with E-state index in [1.54, 1.807) is 12.1 Å². The molecule has 134 valence electrons. The lowest BCUT2D eigenvalue weighted by atomic mass is 9.84. The van der Waals surface area contributed by atoms with Gasteiger partial charge in [0.15, 0.2) is 0 Å². The number of nitrogens with zero attached hydrogens (tertiary/aromatic N) is 2. The SMILES string of the molecule is CC(C)(CNC(=O)NCc1cn2c(n1)CCCC2)c1ccc(F)cc1. The number of halogens is 1. The molecule has 0 bridgehead atoms. The first-order valence-corrected chi connectivity index (χ1v) is 8.77. The maximum atomic E-state index is 13.0. The van der Waals surface area contributed by atoms with Gasteiger partial charge in [0.2, 0.25) is 0 Å². The Balaban J connectivity index is 1.49. The van der Waals surface area contributed by atoms with Crippen molar-refractivity contribution in [2.75, 3.05) is 6.54 Å². The van der Waals surface area contributed by atoms with Gasteiger partial charge in [-0.25, -0.2) is 14.2 Å². The fourth-order valence-corrected chi connectivity index (χ4v) is 3.09. The summed E-state index contributed by atoms with van der Waals surface area (Å²) < 4.78 is 15.2. The van der Waals surface area contributed by atoms with Crippen LogP contribution in [-0.4, -0.2) is 22.1 Å². The van der Waals surface area contributed by atoms with E-state index in [1.165, 1.54) is 25.0 Å². The number of hydrogen-bond donors (Lipinski definition) is 2. The second-order valence-electron chi connectivity index (χ2n) is 7.23. The van der Waals surface area contributed by atoms with E-state index >= 15 is 0 Å². The van der Waals surface area contributed by atoms with E-state index in [9.17, 15) is 9.18 Å². The summed E-state index contributed by atoms with van der Waals surface area (Å²) in [6.07, 6.45) is 5.41. The van der Waals surface area contributed by atoms with E-state index in [0.29, 0.717) is 13.1 Å². The first-order chi connectivity index (χ1) is 11.9. The molecule has 2 aromatic rings. The van der Waals surface area contributed by atoms with Crippen LogP contribution >= 0.6 is 0 Å². The number of amides is 2. The van der Waals surface area contributed by atoms with Crippen molar-refractivity contribution in [2.45, 2.75) is 51.6 Å². The molecule has 0 aliphatic carbocycles. The number of hydrogen-bond acceptors (Lipinski definition) is 2. The van der Waals surface area contributed by atoms with Crippen LogP contribution in [0.5, 0.6) is 0 Å². The number of aromatic nitrogens is 2. The van der Waals surface area contributed by atoms with Gasteiger partial charge >= 0.3 is 6.03 Å². The Morgan fingerprint density at radius 3 is 2.72 bits per heavy atom. The average Bonchev–Trinajstić information content (AvgIpc) is 3.01. The maximum absolute atomic E-state index is 13.0. The molecule has 25 heavy (non-hydrogen) atoms. The van der Waals surface area contributed by atoms with Crippen LogP contribution in [0.25, 0.3) is 0 Å². The van der Waals surface area contributed by atoms with Gasteiger partial charge in [-0.15, -0.1) is 0 Å². The summed E-state index contributed by atoms with van der Waals surface area (Å²) in [6.45, 7) is 5.93. The number of imidazole rings is 1. The summed E-state index contributed by atoms with van der Waals surface area (Å²) in [5, 5.41) is 5.75. The number of nitrogens with one attached hydrogen (secondary N) is 2. The summed E-state index contributed by atoms with van der Waals surface area (Å²) in [7, 11) is 0. The average molecular weight is 344 g/mol. The van der Waals surface area contributed by atoms with Gasteiger partial charge in [0.05, 0.1) is 12.2 Å². The molecule has 0 spiro atoms.